The molecule has 16 heavy (non-hydrogen) atoms. The zero-order valence-corrected chi connectivity index (χ0v) is 10.8. The molecule has 1 aromatic rings. The summed E-state index contributed by atoms with van der Waals surface area (Å²) in [7, 11) is 0. The second-order valence-corrected chi connectivity index (χ2v) is 5.55. The second-order valence-electron chi connectivity index (χ2n) is 3.81. The van der Waals surface area contributed by atoms with E-state index in [4.69, 9.17) is 0 Å². The van der Waals surface area contributed by atoms with Gasteiger partial charge in [0.1, 0.15) is 0 Å². The maximum absolute atomic E-state index is 12.2. The van der Waals surface area contributed by atoms with Crippen molar-refractivity contribution >= 4 is 30.3 Å². The molecule has 0 radical (unpaired) electrons. The average molecular weight is 253 g/mol. The quantitative estimate of drug-likeness (QED) is 0.776. The van der Waals surface area contributed by atoms with Crippen LogP contribution in [0.4, 0.5) is 0 Å². The van der Waals surface area contributed by atoms with Crippen molar-refractivity contribution in [2.45, 2.75) is 11.3 Å². The van der Waals surface area contributed by atoms with Gasteiger partial charge >= 0.3 is 0 Å². The Morgan fingerprint density at radius 2 is 1.94 bits per heavy atom. The van der Waals surface area contributed by atoms with Crippen molar-refractivity contribution in [3.05, 3.63) is 29.8 Å². The summed E-state index contributed by atoms with van der Waals surface area (Å²) in [5.74, 6) is 2.37. The Balaban J connectivity index is 2.08. The van der Waals surface area contributed by atoms with Crippen LogP contribution in [0.25, 0.3) is 0 Å². The van der Waals surface area contributed by atoms with E-state index in [1.807, 2.05) is 40.9 Å². The van der Waals surface area contributed by atoms with E-state index in [-0.39, 0.29) is 5.91 Å². The summed E-state index contributed by atoms with van der Waals surface area (Å²) in [5.41, 5.74) is 0.768. The molecule has 1 aromatic carbocycles. The topological polar surface area (TPSA) is 20.3 Å². The number of hydrogen-bond donors (Lipinski definition) is 1. The van der Waals surface area contributed by atoms with Crippen molar-refractivity contribution in [2.24, 2.45) is 0 Å². The van der Waals surface area contributed by atoms with Gasteiger partial charge < -0.3 is 4.90 Å². The van der Waals surface area contributed by atoms with Gasteiger partial charge in [-0.1, -0.05) is 0 Å². The van der Waals surface area contributed by atoms with Crippen LogP contribution in [0.2, 0.25) is 0 Å². The molecule has 2 nitrogen and oxygen atoms in total. The van der Waals surface area contributed by atoms with Crippen LogP contribution in [0.3, 0.4) is 0 Å². The third-order valence-electron chi connectivity index (χ3n) is 2.62. The van der Waals surface area contributed by atoms with Crippen LogP contribution < -0.4 is 0 Å². The number of thiol groups is 1. The van der Waals surface area contributed by atoms with E-state index in [0.29, 0.717) is 0 Å². The Morgan fingerprint density at radius 1 is 1.19 bits per heavy atom. The summed E-state index contributed by atoms with van der Waals surface area (Å²) >= 11 is 6.14. The largest absolute Gasteiger partial charge is 0.338 e. The monoisotopic (exact) mass is 253 g/mol. The minimum Gasteiger partial charge on any atom is -0.338 e. The van der Waals surface area contributed by atoms with Crippen LogP contribution in [0, 0.1) is 0 Å². The highest BCUT2D eigenvalue weighted by Crippen LogP contribution is 2.14. The molecule has 0 bridgehead atoms. The van der Waals surface area contributed by atoms with E-state index in [2.05, 4.69) is 12.6 Å². The van der Waals surface area contributed by atoms with Crippen molar-refractivity contribution < 1.29 is 4.79 Å². The molecule has 1 aliphatic rings. The lowest BCUT2D eigenvalue weighted by molar-refractivity contribution is 0.0768. The van der Waals surface area contributed by atoms with Crippen LogP contribution in [0.15, 0.2) is 29.2 Å². The summed E-state index contributed by atoms with van der Waals surface area (Å²) < 4.78 is 0. The van der Waals surface area contributed by atoms with E-state index < -0.39 is 0 Å². The van der Waals surface area contributed by atoms with E-state index >= 15 is 0 Å². The van der Waals surface area contributed by atoms with Crippen molar-refractivity contribution in [3.63, 3.8) is 0 Å². The van der Waals surface area contributed by atoms with E-state index in [9.17, 15) is 4.79 Å². The standard InChI is InChI=1S/C12H15NOS2/c14-12(10-2-4-11(15)5-3-10)13-6-1-8-16-9-7-13/h2-5,15H,1,6-9H2. The highest BCUT2D eigenvalue weighted by Gasteiger charge is 2.16. The van der Waals surface area contributed by atoms with Gasteiger partial charge in [-0.3, -0.25) is 4.79 Å². The van der Waals surface area contributed by atoms with Gasteiger partial charge in [0.2, 0.25) is 0 Å². The first-order valence-electron chi connectivity index (χ1n) is 5.43. The molecule has 1 fully saturated rings. The van der Waals surface area contributed by atoms with Crippen LogP contribution in [0.5, 0.6) is 0 Å². The van der Waals surface area contributed by atoms with Crippen LogP contribution in [-0.4, -0.2) is 35.4 Å². The summed E-state index contributed by atoms with van der Waals surface area (Å²) in [5, 5.41) is 0. The molecule has 0 aromatic heterocycles. The maximum Gasteiger partial charge on any atom is 0.253 e. The second kappa shape index (κ2) is 5.64. The fraction of sp³-hybridized carbons (Fsp3) is 0.417. The molecule has 0 saturated carbocycles. The molecular weight excluding hydrogens is 238 g/mol. The number of carbonyl (C=O) groups excluding carboxylic acids is 1. The van der Waals surface area contributed by atoms with Gasteiger partial charge in [-0.05, 0) is 36.4 Å². The lowest BCUT2D eigenvalue weighted by Gasteiger charge is -2.19. The van der Waals surface area contributed by atoms with Gasteiger partial charge in [-0.15, -0.1) is 12.6 Å². The molecule has 1 aliphatic heterocycles. The first kappa shape index (κ1) is 11.9. The van der Waals surface area contributed by atoms with Crippen LogP contribution in [0.1, 0.15) is 16.8 Å². The Bertz CT molecular complexity index is 356. The lowest BCUT2D eigenvalue weighted by Crippen LogP contribution is -2.32. The third-order valence-corrected chi connectivity index (χ3v) is 3.97. The summed E-state index contributed by atoms with van der Waals surface area (Å²) in [6.45, 7) is 1.75. The van der Waals surface area contributed by atoms with Crippen LogP contribution in [-0.2, 0) is 0 Å². The number of thioether (sulfide) groups is 1. The van der Waals surface area contributed by atoms with Gasteiger partial charge in [0, 0.05) is 29.3 Å². The number of hydrogen-bond acceptors (Lipinski definition) is 3. The Kier molecular flexibility index (Phi) is 4.18. The lowest BCUT2D eigenvalue weighted by atomic mass is 10.2. The Morgan fingerprint density at radius 3 is 2.69 bits per heavy atom. The molecule has 0 unspecified atom stereocenters. The van der Waals surface area contributed by atoms with Crippen molar-refractivity contribution in [1.82, 2.24) is 4.90 Å². The summed E-state index contributed by atoms with van der Waals surface area (Å²) in [6, 6.07) is 7.43. The van der Waals surface area contributed by atoms with Gasteiger partial charge in [-0.2, -0.15) is 11.8 Å². The zero-order chi connectivity index (χ0) is 11.4. The fourth-order valence-corrected chi connectivity index (χ4v) is 2.77. The molecule has 1 heterocycles. The SMILES string of the molecule is O=C(c1ccc(S)cc1)N1CCCSCC1. The first-order chi connectivity index (χ1) is 7.77. The van der Waals surface area contributed by atoms with Crippen LogP contribution >= 0.6 is 24.4 Å². The molecule has 4 heteroatoms. The zero-order valence-electron chi connectivity index (χ0n) is 9.06. The maximum atomic E-state index is 12.2. The first-order valence-corrected chi connectivity index (χ1v) is 7.03. The number of rotatable bonds is 1. The number of benzene rings is 1. The molecule has 0 atom stereocenters. The smallest absolute Gasteiger partial charge is 0.253 e. The molecule has 2 rings (SSSR count). The predicted molar refractivity (Wildman–Crippen MR) is 71.5 cm³/mol. The predicted octanol–water partition coefficient (Wildman–Crippen LogP) is 2.55. The molecular formula is C12H15NOS2. The number of carbonyl (C=O) groups is 1. The summed E-state index contributed by atoms with van der Waals surface area (Å²) in [6.07, 6.45) is 1.10. The summed E-state index contributed by atoms with van der Waals surface area (Å²) in [4.78, 5) is 15.0. The van der Waals surface area contributed by atoms with Gasteiger partial charge in [0.25, 0.3) is 5.91 Å². The fourth-order valence-electron chi connectivity index (χ4n) is 1.74. The van der Waals surface area contributed by atoms with E-state index in [0.717, 1.165) is 35.7 Å². The third kappa shape index (κ3) is 2.95. The van der Waals surface area contributed by atoms with E-state index in [1.165, 1.54) is 5.75 Å². The van der Waals surface area contributed by atoms with Gasteiger partial charge in [0.05, 0.1) is 0 Å². The van der Waals surface area contributed by atoms with Gasteiger partial charge in [0.15, 0.2) is 0 Å². The average Bonchev–Trinajstić information content (AvgIpc) is 2.57. The molecule has 86 valence electrons. The molecule has 1 amide bonds. The van der Waals surface area contributed by atoms with Crippen molar-refractivity contribution in [2.75, 3.05) is 24.6 Å². The molecule has 0 spiro atoms. The Labute approximate surface area is 106 Å². The molecule has 1 saturated heterocycles. The Hall–Kier alpha value is -0.610. The molecule has 0 aliphatic carbocycles. The number of amides is 1. The minimum absolute atomic E-state index is 0.149. The normalized spacial score (nSPS) is 16.9. The molecule has 0 N–H and O–H groups in total. The number of nitrogens with zero attached hydrogens (tertiary/aromatic N) is 1. The van der Waals surface area contributed by atoms with Crippen molar-refractivity contribution in [3.8, 4) is 0 Å². The van der Waals surface area contributed by atoms with Crippen molar-refractivity contribution in [1.29, 1.82) is 0 Å². The van der Waals surface area contributed by atoms with Gasteiger partial charge in [-0.25, -0.2) is 0 Å². The van der Waals surface area contributed by atoms with E-state index in [1.54, 1.807) is 0 Å². The highest BCUT2D eigenvalue weighted by atomic mass is 32.2. The highest BCUT2D eigenvalue weighted by molar-refractivity contribution is 7.99. The minimum atomic E-state index is 0.149.